The van der Waals surface area contributed by atoms with E-state index in [2.05, 4.69) is 20.8 Å². The molecule has 1 saturated heterocycles. The molecule has 0 bridgehead atoms. The van der Waals surface area contributed by atoms with Gasteiger partial charge >= 0.3 is 0 Å². The summed E-state index contributed by atoms with van der Waals surface area (Å²) in [7, 11) is 0. The van der Waals surface area contributed by atoms with Crippen LogP contribution in [0, 0.1) is 0 Å². The second-order valence-electron chi connectivity index (χ2n) is 4.55. The first kappa shape index (κ1) is 13.8. The second kappa shape index (κ2) is 5.99. The third kappa shape index (κ3) is 2.84. The van der Waals surface area contributed by atoms with E-state index in [1.807, 2.05) is 18.2 Å². The minimum Gasteiger partial charge on any atom is -0.394 e. The molecule has 5 heteroatoms. The molecule has 18 heavy (non-hydrogen) atoms. The van der Waals surface area contributed by atoms with Crippen molar-refractivity contribution < 1.29 is 5.11 Å². The largest absolute Gasteiger partial charge is 0.394 e. The fourth-order valence-electron chi connectivity index (χ4n) is 2.46. The van der Waals surface area contributed by atoms with Crippen molar-refractivity contribution in [2.24, 2.45) is 5.73 Å². The summed E-state index contributed by atoms with van der Waals surface area (Å²) >= 11 is 8.56. The zero-order valence-corrected chi connectivity index (χ0v) is 12.5. The van der Waals surface area contributed by atoms with E-state index in [-0.39, 0.29) is 12.6 Å². The lowest BCUT2D eigenvalue weighted by Gasteiger charge is -2.37. The molecule has 1 aromatic rings. The average Bonchev–Trinajstić information content (AvgIpc) is 2.38. The van der Waals surface area contributed by atoms with Gasteiger partial charge in [0.05, 0.1) is 12.6 Å². The molecule has 0 saturated carbocycles. The van der Waals surface area contributed by atoms with E-state index >= 15 is 0 Å². The summed E-state index contributed by atoms with van der Waals surface area (Å²) < 4.78 is 0.964. The number of anilines is 1. The summed E-state index contributed by atoms with van der Waals surface area (Å²) in [4.78, 5) is 2.62. The van der Waals surface area contributed by atoms with Gasteiger partial charge in [0.25, 0.3) is 0 Å². The van der Waals surface area contributed by atoms with Crippen LogP contribution < -0.4 is 10.6 Å². The van der Waals surface area contributed by atoms with Crippen molar-refractivity contribution in [3.8, 4) is 0 Å². The first-order valence-electron chi connectivity index (χ1n) is 6.10. The number of nitrogens with two attached hydrogens (primary N) is 1. The summed E-state index contributed by atoms with van der Waals surface area (Å²) in [5.41, 5.74) is 7.71. The van der Waals surface area contributed by atoms with Crippen molar-refractivity contribution >= 4 is 38.8 Å². The first-order valence-corrected chi connectivity index (χ1v) is 7.30. The van der Waals surface area contributed by atoms with Crippen LogP contribution in [-0.4, -0.2) is 29.3 Å². The molecule has 1 aliphatic rings. The maximum absolute atomic E-state index is 9.49. The minimum atomic E-state index is 0.173. The van der Waals surface area contributed by atoms with E-state index < -0.39 is 0 Å². The van der Waals surface area contributed by atoms with Crippen LogP contribution in [-0.2, 0) is 0 Å². The lowest BCUT2D eigenvalue weighted by molar-refractivity contribution is 0.240. The van der Waals surface area contributed by atoms with Crippen LogP contribution in [0.4, 0.5) is 5.69 Å². The van der Waals surface area contributed by atoms with Gasteiger partial charge < -0.3 is 15.7 Å². The molecule has 0 amide bonds. The molecular weight excluding hydrogens is 312 g/mol. The van der Waals surface area contributed by atoms with Crippen LogP contribution in [0.25, 0.3) is 0 Å². The quantitative estimate of drug-likeness (QED) is 0.837. The number of aliphatic hydroxyl groups is 1. The summed E-state index contributed by atoms with van der Waals surface area (Å²) in [6.07, 6.45) is 3.33. The maximum atomic E-state index is 9.49. The highest BCUT2D eigenvalue weighted by molar-refractivity contribution is 9.10. The van der Waals surface area contributed by atoms with Gasteiger partial charge in [-0.3, -0.25) is 0 Å². The van der Waals surface area contributed by atoms with Gasteiger partial charge in [0.1, 0.15) is 4.99 Å². The molecule has 1 atom stereocenters. The number of rotatable bonds is 3. The third-order valence-electron chi connectivity index (χ3n) is 3.37. The van der Waals surface area contributed by atoms with Gasteiger partial charge in [-0.15, -0.1) is 0 Å². The average molecular weight is 329 g/mol. The molecule has 0 spiro atoms. The summed E-state index contributed by atoms with van der Waals surface area (Å²) in [6.45, 7) is 1.12. The van der Waals surface area contributed by atoms with E-state index in [9.17, 15) is 5.11 Å². The second-order valence-corrected chi connectivity index (χ2v) is 5.91. The number of nitrogens with zero attached hydrogens (tertiary/aromatic N) is 1. The van der Waals surface area contributed by atoms with Crippen LogP contribution in [0.2, 0.25) is 0 Å². The summed E-state index contributed by atoms with van der Waals surface area (Å²) in [5, 5.41) is 9.49. The highest BCUT2D eigenvalue weighted by Gasteiger charge is 2.24. The molecule has 0 radical (unpaired) electrons. The van der Waals surface area contributed by atoms with Crippen molar-refractivity contribution in [3.63, 3.8) is 0 Å². The van der Waals surface area contributed by atoms with Gasteiger partial charge in [-0.05, 0) is 37.5 Å². The molecule has 1 heterocycles. The predicted molar refractivity (Wildman–Crippen MR) is 82.1 cm³/mol. The van der Waals surface area contributed by atoms with Gasteiger partial charge in [-0.1, -0.05) is 28.1 Å². The van der Waals surface area contributed by atoms with Crippen LogP contribution in [0.3, 0.4) is 0 Å². The third-order valence-corrected chi connectivity index (χ3v) is 4.08. The van der Waals surface area contributed by atoms with Crippen LogP contribution >= 0.6 is 28.1 Å². The molecule has 1 fully saturated rings. The van der Waals surface area contributed by atoms with Gasteiger partial charge in [-0.25, -0.2) is 0 Å². The molecule has 0 aromatic heterocycles. The Bertz CT molecular complexity index is 453. The smallest absolute Gasteiger partial charge is 0.106 e. The molecule has 1 unspecified atom stereocenters. The van der Waals surface area contributed by atoms with Gasteiger partial charge in [0.2, 0.25) is 0 Å². The Morgan fingerprint density at radius 1 is 1.50 bits per heavy atom. The van der Waals surface area contributed by atoms with E-state index in [0.717, 1.165) is 35.1 Å². The van der Waals surface area contributed by atoms with Crippen molar-refractivity contribution in [1.29, 1.82) is 0 Å². The Kier molecular flexibility index (Phi) is 4.59. The van der Waals surface area contributed by atoms with Crippen LogP contribution in [0.5, 0.6) is 0 Å². The number of piperidine rings is 1. The molecule has 1 aliphatic heterocycles. The Balaban J connectivity index is 2.39. The van der Waals surface area contributed by atoms with E-state index in [1.54, 1.807) is 0 Å². The zero-order valence-electron chi connectivity index (χ0n) is 10.1. The molecule has 2 rings (SSSR count). The van der Waals surface area contributed by atoms with Crippen LogP contribution in [0.1, 0.15) is 24.8 Å². The number of halogens is 1. The molecule has 98 valence electrons. The number of hydrogen-bond donors (Lipinski definition) is 2. The monoisotopic (exact) mass is 328 g/mol. The lowest BCUT2D eigenvalue weighted by atomic mass is 10.0. The van der Waals surface area contributed by atoms with E-state index in [4.69, 9.17) is 18.0 Å². The Morgan fingerprint density at radius 2 is 2.28 bits per heavy atom. The van der Waals surface area contributed by atoms with Gasteiger partial charge in [0, 0.05) is 22.3 Å². The van der Waals surface area contributed by atoms with Crippen molar-refractivity contribution in [2.45, 2.75) is 25.3 Å². The Hall–Kier alpha value is -0.650. The fraction of sp³-hybridized carbons (Fsp3) is 0.462. The molecule has 3 nitrogen and oxygen atoms in total. The molecular formula is C13H17BrN2OS. The lowest BCUT2D eigenvalue weighted by Crippen LogP contribution is -2.42. The number of aliphatic hydroxyl groups excluding tert-OH is 1. The van der Waals surface area contributed by atoms with E-state index in [1.165, 1.54) is 6.42 Å². The number of hydrogen-bond acceptors (Lipinski definition) is 3. The van der Waals surface area contributed by atoms with Crippen LogP contribution in [0.15, 0.2) is 22.7 Å². The van der Waals surface area contributed by atoms with Gasteiger partial charge in [-0.2, -0.15) is 0 Å². The Morgan fingerprint density at radius 3 is 2.94 bits per heavy atom. The summed E-state index contributed by atoms with van der Waals surface area (Å²) in [6, 6.07) is 6.13. The topological polar surface area (TPSA) is 49.5 Å². The zero-order chi connectivity index (χ0) is 13.1. The van der Waals surface area contributed by atoms with Crippen molar-refractivity contribution in [1.82, 2.24) is 0 Å². The molecule has 1 aromatic carbocycles. The maximum Gasteiger partial charge on any atom is 0.106 e. The highest BCUT2D eigenvalue weighted by atomic mass is 79.9. The number of thiocarbonyl (C=S) groups is 1. The predicted octanol–water partition coefficient (Wildman–Crippen LogP) is 2.43. The van der Waals surface area contributed by atoms with E-state index in [0.29, 0.717) is 4.99 Å². The first-order chi connectivity index (χ1) is 8.63. The standard InChI is InChI=1S/C13H17BrN2OS/c14-9-4-5-12(11(7-9)13(15)18)16-6-2-1-3-10(16)8-17/h4-5,7,10,17H,1-3,6,8H2,(H2,15,18). The van der Waals surface area contributed by atoms with Crippen molar-refractivity contribution in [2.75, 3.05) is 18.1 Å². The highest BCUT2D eigenvalue weighted by Crippen LogP contribution is 2.30. The fourth-order valence-corrected chi connectivity index (χ4v) is 2.99. The number of benzene rings is 1. The molecule has 3 N–H and O–H groups in total. The van der Waals surface area contributed by atoms with Crippen molar-refractivity contribution in [3.05, 3.63) is 28.2 Å². The Labute approximate surface area is 121 Å². The van der Waals surface area contributed by atoms with Gasteiger partial charge in [0.15, 0.2) is 0 Å². The normalized spacial score (nSPS) is 19.9. The molecule has 0 aliphatic carbocycles. The SMILES string of the molecule is NC(=S)c1cc(Br)ccc1N1CCCCC1CO. The minimum absolute atomic E-state index is 0.173. The summed E-state index contributed by atoms with van der Waals surface area (Å²) in [5.74, 6) is 0.